The number of nitrogens with zero attached hydrogens (tertiary/aromatic N) is 5. The van der Waals surface area contributed by atoms with E-state index in [-0.39, 0.29) is 5.41 Å². The Kier molecular flexibility index (Phi) is 4.66. The third kappa shape index (κ3) is 3.48. The van der Waals surface area contributed by atoms with Gasteiger partial charge < -0.3 is 0 Å². The molecule has 0 saturated carbocycles. The van der Waals surface area contributed by atoms with Crippen LogP contribution in [0.5, 0.6) is 0 Å². The number of hydrogen-bond acceptors (Lipinski definition) is 6. The van der Waals surface area contributed by atoms with Crippen LogP contribution in [-0.2, 0) is 11.8 Å². The van der Waals surface area contributed by atoms with Crippen LogP contribution >= 0.6 is 11.3 Å². The maximum atomic E-state index is 4.58. The maximum absolute atomic E-state index is 4.58. The van der Waals surface area contributed by atoms with Gasteiger partial charge in [-0.05, 0) is 25.5 Å². The predicted octanol–water partition coefficient (Wildman–Crippen LogP) is 3.76. The third-order valence-corrected chi connectivity index (χ3v) is 5.23. The molecule has 124 valence electrons. The summed E-state index contributed by atoms with van der Waals surface area (Å²) in [6, 6.07) is 1.90. The van der Waals surface area contributed by atoms with Crippen LogP contribution < -0.4 is 0 Å². The average Bonchev–Trinajstić information content (AvgIpc) is 3.05. The molecule has 5 nitrogen and oxygen atoms in total. The largest absolute Gasteiger partial charge is 0.249 e. The van der Waals surface area contributed by atoms with E-state index in [1.165, 1.54) is 9.88 Å². The Morgan fingerprint density at radius 1 is 1.04 bits per heavy atom. The first-order valence-corrected chi connectivity index (χ1v) is 8.81. The lowest BCUT2D eigenvalue weighted by Crippen LogP contribution is -2.23. The average molecular weight is 339 g/mol. The first-order chi connectivity index (χ1) is 11.5. The molecule has 0 amide bonds. The summed E-state index contributed by atoms with van der Waals surface area (Å²) in [7, 11) is 0. The van der Waals surface area contributed by atoms with Crippen molar-refractivity contribution in [1.29, 1.82) is 0 Å². The molecule has 0 aromatic carbocycles. The molecule has 0 spiro atoms. The van der Waals surface area contributed by atoms with Crippen molar-refractivity contribution in [3.63, 3.8) is 0 Å². The Balaban J connectivity index is 1.77. The van der Waals surface area contributed by atoms with Gasteiger partial charge in [0.15, 0.2) is 0 Å². The summed E-state index contributed by atoms with van der Waals surface area (Å²) in [5.74, 6) is 1.23. The van der Waals surface area contributed by atoms with E-state index in [1.807, 2.05) is 24.7 Å². The molecule has 0 radical (unpaired) electrons. The molecule has 0 N–H and O–H groups in total. The van der Waals surface area contributed by atoms with Gasteiger partial charge in [-0.15, -0.1) is 11.3 Å². The fraction of sp³-hybridized carbons (Fsp3) is 0.389. The van der Waals surface area contributed by atoms with Crippen molar-refractivity contribution in [2.75, 3.05) is 0 Å². The fourth-order valence-electron chi connectivity index (χ4n) is 2.42. The Labute approximate surface area is 146 Å². The number of hydrogen-bond donors (Lipinski definition) is 0. The van der Waals surface area contributed by atoms with Crippen LogP contribution in [0.2, 0.25) is 0 Å². The second-order valence-electron chi connectivity index (χ2n) is 6.63. The Morgan fingerprint density at radius 3 is 2.38 bits per heavy atom. The van der Waals surface area contributed by atoms with Crippen molar-refractivity contribution in [1.82, 2.24) is 24.9 Å². The highest BCUT2D eigenvalue weighted by atomic mass is 32.1. The molecular formula is C18H21N5S. The highest BCUT2D eigenvalue weighted by Crippen LogP contribution is 2.27. The smallest absolute Gasteiger partial charge is 0.139 e. The summed E-state index contributed by atoms with van der Waals surface area (Å²) in [6.07, 6.45) is 9.88. The summed E-state index contributed by atoms with van der Waals surface area (Å²) in [6.45, 7) is 8.47. The van der Waals surface area contributed by atoms with E-state index in [2.05, 4.69) is 52.6 Å². The lowest BCUT2D eigenvalue weighted by Gasteiger charge is -2.21. The second-order valence-corrected chi connectivity index (χ2v) is 7.78. The molecule has 0 fully saturated rings. The zero-order chi connectivity index (χ0) is 17.2. The van der Waals surface area contributed by atoms with Gasteiger partial charge in [0, 0.05) is 42.0 Å². The molecule has 3 heterocycles. The Morgan fingerprint density at radius 2 is 1.79 bits per heavy atom. The SMILES string of the molecule is CC(C)c1ncc(Cc2cnc(C(C)(C)c3ccncn3)nc2)s1. The standard InChI is InChI=1S/C18H21N5S/c1-12(2)16-20-10-14(24-16)7-13-8-21-17(22-9-13)18(3,4)15-5-6-19-11-23-15/h5-6,8-12H,7H2,1-4H3. The molecule has 0 unspecified atom stereocenters. The molecule has 3 aromatic rings. The van der Waals surface area contributed by atoms with Gasteiger partial charge in [0.2, 0.25) is 0 Å². The van der Waals surface area contributed by atoms with Crippen LogP contribution in [0.4, 0.5) is 0 Å². The van der Waals surface area contributed by atoms with Crippen LogP contribution in [0.1, 0.15) is 60.6 Å². The van der Waals surface area contributed by atoms with Gasteiger partial charge in [-0.25, -0.2) is 24.9 Å². The summed E-state index contributed by atoms with van der Waals surface area (Å²) >= 11 is 1.76. The van der Waals surface area contributed by atoms with E-state index in [1.54, 1.807) is 23.9 Å². The minimum atomic E-state index is -0.350. The van der Waals surface area contributed by atoms with E-state index in [0.717, 1.165) is 23.5 Å². The van der Waals surface area contributed by atoms with Gasteiger partial charge in [0.1, 0.15) is 12.2 Å². The summed E-state index contributed by atoms with van der Waals surface area (Å²) in [5, 5.41) is 1.17. The van der Waals surface area contributed by atoms with Crippen molar-refractivity contribution >= 4 is 11.3 Å². The highest BCUT2D eigenvalue weighted by molar-refractivity contribution is 7.11. The van der Waals surface area contributed by atoms with Gasteiger partial charge in [0.05, 0.1) is 16.1 Å². The zero-order valence-electron chi connectivity index (χ0n) is 14.4. The highest BCUT2D eigenvalue weighted by Gasteiger charge is 2.27. The van der Waals surface area contributed by atoms with Gasteiger partial charge in [0.25, 0.3) is 0 Å². The van der Waals surface area contributed by atoms with Crippen LogP contribution in [-0.4, -0.2) is 24.9 Å². The molecule has 0 aliphatic heterocycles. The molecule has 3 rings (SSSR count). The topological polar surface area (TPSA) is 64.5 Å². The molecule has 0 aliphatic rings. The number of thiazole rings is 1. The minimum Gasteiger partial charge on any atom is -0.249 e. The van der Waals surface area contributed by atoms with Gasteiger partial charge in [-0.2, -0.15) is 0 Å². The van der Waals surface area contributed by atoms with Crippen molar-refractivity contribution in [2.45, 2.75) is 45.4 Å². The Bertz CT molecular complexity index is 794. The van der Waals surface area contributed by atoms with E-state index < -0.39 is 0 Å². The van der Waals surface area contributed by atoms with E-state index >= 15 is 0 Å². The summed E-state index contributed by atoms with van der Waals surface area (Å²) in [5.41, 5.74) is 1.65. The second kappa shape index (κ2) is 6.73. The number of rotatable bonds is 5. The molecule has 6 heteroatoms. The zero-order valence-corrected chi connectivity index (χ0v) is 15.2. The van der Waals surface area contributed by atoms with E-state index in [4.69, 9.17) is 0 Å². The fourth-order valence-corrected chi connectivity index (χ4v) is 3.37. The quantitative estimate of drug-likeness (QED) is 0.708. The van der Waals surface area contributed by atoms with Gasteiger partial charge >= 0.3 is 0 Å². The Hall–Kier alpha value is -2.21. The molecule has 0 aliphatic carbocycles. The molecular weight excluding hydrogens is 318 g/mol. The van der Waals surface area contributed by atoms with Crippen molar-refractivity contribution < 1.29 is 0 Å². The first-order valence-electron chi connectivity index (χ1n) is 7.99. The van der Waals surface area contributed by atoms with Crippen LogP contribution in [0, 0.1) is 0 Å². The minimum absolute atomic E-state index is 0.350. The molecule has 3 aromatic heterocycles. The van der Waals surface area contributed by atoms with Crippen LogP contribution in [0.15, 0.2) is 37.2 Å². The summed E-state index contributed by atoms with van der Waals surface area (Å²) in [4.78, 5) is 23.2. The predicted molar refractivity (Wildman–Crippen MR) is 95.2 cm³/mol. The van der Waals surface area contributed by atoms with Crippen LogP contribution in [0.3, 0.4) is 0 Å². The van der Waals surface area contributed by atoms with Crippen LogP contribution in [0.25, 0.3) is 0 Å². The van der Waals surface area contributed by atoms with E-state index in [9.17, 15) is 0 Å². The van der Waals surface area contributed by atoms with E-state index in [0.29, 0.717) is 5.92 Å². The maximum Gasteiger partial charge on any atom is 0.139 e. The van der Waals surface area contributed by atoms with Gasteiger partial charge in [-0.1, -0.05) is 13.8 Å². The van der Waals surface area contributed by atoms with Crippen molar-refractivity contribution in [3.8, 4) is 0 Å². The molecule has 0 bridgehead atoms. The molecule has 24 heavy (non-hydrogen) atoms. The van der Waals surface area contributed by atoms with Crippen molar-refractivity contribution in [3.05, 3.63) is 64.1 Å². The van der Waals surface area contributed by atoms with Gasteiger partial charge in [-0.3, -0.25) is 0 Å². The molecule has 0 atom stereocenters. The van der Waals surface area contributed by atoms with Crippen molar-refractivity contribution in [2.24, 2.45) is 0 Å². The number of aromatic nitrogens is 5. The monoisotopic (exact) mass is 339 g/mol. The molecule has 0 saturated heterocycles. The lowest BCUT2D eigenvalue weighted by molar-refractivity contribution is 0.567. The normalized spacial score (nSPS) is 11.9. The lowest BCUT2D eigenvalue weighted by atomic mass is 9.88. The summed E-state index contributed by atoms with van der Waals surface area (Å²) < 4.78 is 0. The first kappa shape index (κ1) is 16.6. The third-order valence-electron chi connectivity index (χ3n) is 3.93.